The molecule has 3 aromatic rings. The van der Waals surface area contributed by atoms with Crippen LogP contribution in [-0.2, 0) is 4.79 Å². The summed E-state index contributed by atoms with van der Waals surface area (Å²) in [7, 11) is 0. The zero-order chi connectivity index (χ0) is 20.6. The van der Waals surface area contributed by atoms with Gasteiger partial charge in [0.25, 0.3) is 0 Å². The number of hydrogen-bond donors (Lipinski definition) is 5. The number of carbonyl (C=O) groups is 1. The topological polar surface area (TPSA) is 131 Å². The van der Waals surface area contributed by atoms with Crippen LogP contribution in [0, 0.1) is 5.82 Å². The van der Waals surface area contributed by atoms with Crippen molar-refractivity contribution >= 4 is 40.4 Å². The Morgan fingerprint density at radius 3 is 2.66 bits per heavy atom. The van der Waals surface area contributed by atoms with Gasteiger partial charge in [-0.05, 0) is 30.3 Å². The van der Waals surface area contributed by atoms with Crippen LogP contribution in [0.15, 0.2) is 66.9 Å². The summed E-state index contributed by atoms with van der Waals surface area (Å²) in [5, 5.41) is 8.59. The molecule has 7 N–H and O–H groups in total. The summed E-state index contributed by atoms with van der Waals surface area (Å²) in [5.41, 5.74) is 13.3. The number of nitrogens with zero attached hydrogens (tertiary/aromatic N) is 2. The van der Waals surface area contributed by atoms with Gasteiger partial charge < -0.3 is 27.4 Å². The minimum Gasteiger partial charge on any atom is -0.399 e. The van der Waals surface area contributed by atoms with Gasteiger partial charge in [-0.3, -0.25) is 4.79 Å². The zero-order valence-electron chi connectivity index (χ0n) is 15.4. The van der Waals surface area contributed by atoms with E-state index >= 15 is 0 Å². The SMILES string of the molecule is NCC=CC(=O)Nc1ccccc1Nc1ncc(F)c(Nc2cccc(N)c2)n1. The molecular formula is C20H20FN7O. The Kier molecular flexibility index (Phi) is 6.33. The number of para-hydroxylation sites is 2. The summed E-state index contributed by atoms with van der Waals surface area (Å²) in [6.45, 7) is 0.263. The number of benzene rings is 2. The minimum absolute atomic E-state index is 0.0134. The summed E-state index contributed by atoms with van der Waals surface area (Å²) in [4.78, 5) is 20.1. The van der Waals surface area contributed by atoms with E-state index in [9.17, 15) is 9.18 Å². The highest BCUT2D eigenvalue weighted by Crippen LogP contribution is 2.25. The molecule has 0 atom stereocenters. The van der Waals surface area contributed by atoms with Gasteiger partial charge in [-0.2, -0.15) is 4.98 Å². The molecule has 0 aliphatic rings. The molecule has 29 heavy (non-hydrogen) atoms. The van der Waals surface area contributed by atoms with E-state index in [2.05, 4.69) is 25.9 Å². The molecule has 0 bridgehead atoms. The normalized spacial score (nSPS) is 10.7. The second-order valence-electron chi connectivity index (χ2n) is 5.94. The molecule has 9 heteroatoms. The number of aromatic nitrogens is 2. The minimum atomic E-state index is -0.619. The van der Waals surface area contributed by atoms with Gasteiger partial charge in [0.05, 0.1) is 17.6 Å². The largest absolute Gasteiger partial charge is 0.399 e. The molecule has 2 aromatic carbocycles. The molecular weight excluding hydrogens is 373 g/mol. The first-order valence-electron chi connectivity index (χ1n) is 8.74. The maximum absolute atomic E-state index is 14.1. The molecule has 148 valence electrons. The van der Waals surface area contributed by atoms with Gasteiger partial charge in [-0.25, -0.2) is 9.37 Å². The van der Waals surface area contributed by atoms with Crippen molar-refractivity contribution in [1.29, 1.82) is 0 Å². The van der Waals surface area contributed by atoms with E-state index in [1.54, 1.807) is 54.6 Å². The van der Waals surface area contributed by atoms with Crippen molar-refractivity contribution in [3.05, 3.63) is 72.7 Å². The first-order valence-corrected chi connectivity index (χ1v) is 8.74. The predicted molar refractivity (Wildman–Crippen MR) is 113 cm³/mol. The average molecular weight is 393 g/mol. The summed E-state index contributed by atoms with van der Waals surface area (Å²) < 4.78 is 14.1. The van der Waals surface area contributed by atoms with Crippen molar-refractivity contribution in [3.63, 3.8) is 0 Å². The van der Waals surface area contributed by atoms with Gasteiger partial charge in [0.2, 0.25) is 11.9 Å². The van der Waals surface area contributed by atoms with Gasteiger partial charge in [0.15, 0.2) is 11.6 Å². The van der Waals surface area contributed by atoms with Crippen molar-refractivity contribution < 1.29 is 9.18 Å². The molecule has 1 amide bonds. The molecule has 0 radical (unpaired) electrons. The van der Waals surface area contributed by atoms with Crippen LogP contribution in [0.3, 0.4) is 0 Å². The van der Waals surface area contributed by atoms with E-state index in [0.717, 1.165) is 6.20 Å². The Balaban J connectivity index is 1.80. The zero-order valence-corrected chi connectivity index (χ0v) is 15.4. The highest BCUT2D eigenvalue weighted by atomic mass is 19.1. The first-order chi connectivity index (χ1) is 14.0. The van der Waals surface area contributed by atoms with E-state index < -0.39 is 5.82 Å². The van der Waals surface area contributed by atoms with Crippen LogP contribution >= 0.6 is 0 Å². The van der Waals surface area contributed by atoms with Gasteiger partial charge >= 0.3 is 0 Å². The maximum Gasteiger partial charge on any atom is 0.248 e. The van der Waals surface area contributed by atoms with Crippen molar-refractivity contribution in [2.24, 2.45) is 5.73 Å². The standard InChI is InChI=1S/C20H20FN7O/c21-15-12-24-20(28-19(15)25-14-6-3-5-13(23)11-14)27-17-8-2-1-7-16(17)26-18(29)9-4-10-22/h1-9,11-12H,10,22-23H2,(H,26,29)(H2,24,25,27,28). The van der Waals surface area contributed by atoms with Crippen LogP contribution in [0.1, 0.15) is 0 Å². The van der Waals surface area contributed by atoms with E-state index in [4.69, 9.17) is 11.5 Å². The van der Waals surface area contributed by atoms with E-state index in [1.165, 1.54) is 6.08 Å². The summed E-state index contributed by atoms with van der Waals surface area (Å²) in [6, 6.07) is 13.9. The summed E-state index contributed by atoms with van der Waals surface area (Å²) in [5.74, 6) is -0.808. The van der Waals surface area contributed by atoms with E-state index in [1.807, 2.05) is 0 Å². The molecule has 0 saturated carbocycles. The van der Waals surface area contributed by atoms with Crippen LogP contribution < -0.4 is 27.4 Å². The van der Waals surface area contributed by atoms with Crippen LogP contribution in [0.4, 0.5) is 38.9 Å². The Morgan fingerprint density at radius 2 is 1.90 bits per heavy atom. The molecule has 1 aromatic heterocycles. The number of carbonyl (C=O) groups excluding carboxylic acids is 1. The molecule has 0 saturated heterocycles. The molecule has 0 spiro atoms. The van der Waals surface area contributed by atoms with Crippen molar-refractivity contribution in [1.82, 2.24) is 9.97 Å². The molecule has 0 aliphatic heterocycles. The highest BCUT2D eigenvalue weighted by molar-refractivity contribution is 6.01. The monoisotopic (exact) mass is 393 g/mol. The third kappa shape index (κ3) is 5.50. The molecule has 0 aliphatic carbocycles. The molecule has 1 heterocycles. The second-order valence-corrected chi connectivity index (χ2v) is 5.94. The third-order valence-corrected chi connectivity index (χ3v) is 3.73. The van der Waals surface area contributed by atoms with E-state index in [-0.39, 0.29) is 24.2 Å². The average Bonchev–Trinajstić information content (AvgIpc) is 2.70. The first kappa shape index (κ1) is 19.8. The van der Waals surface area contributed by atoms with E-state index in [0.29, 0.717) is 22.7 Å². The number of amides is 1. The van der Waals surface area contributed by atoms with Crippen LogP contribution in [0.25, 0.3) is 0 Å². The number of halogens is 1. The third-order valence-electron chi connectivity index (χ3n) is 3.73. The van der Waals surface area contributed by atoms with Crippen molar-refractivity contribution in [2.45, 2.75) is 0 Å². The predicted octanol–water partition coefficient (Wildman–Crippen LogP) is 3.14. The number of hydrogen-bond acceptors (Lipinski definition) is 7. The van der Waals surface area contributed by atoms with Gasteiger partial charge in [-0.15, -0.1) is 0 Å². The fourth-order valence-electron chi connectivity index (χ4n) is 2.44. The Bertz CT molecular complexity index is 1040. The number of nitrogens with one attached hydrogen (secondary N) is 3. The lowest BCUT2D eigenvalue weighted by Gasteiger charge is -2.13. The lowest BCUT2D eigenvalue weighted by molar-refractivity contribution is -0.111. The fourth-order valence-corrected chi connectivity index (χ4v) is 2.44. The lowest BCUT2D eigenvalue weighted by Crippen LogP contribution is -2.11. The van der Waals surface area contributed by atoms with Crippen LogP contribution in [0.2, 0.25) is 0 Å². The second kappa shape index (κ2) is 9.29. The number of rotatable bonds is 7. The highest BCUT2D eigenvalue weighted by Gasteiger charge is 2.10. The summed E-state index contributed by atoms with van der Waals surface area (Å²) in [6.07, 6.45) is 3.94. The molecule has 8 nitrogen and oxygen atoms in total. The Labute approximate surface area is 166 Å². The lowest BCUT2D eigenvalue weighted by atomic mass is 10.2. The molecule has 0 unspecified atom stereocenters. The van der Waals surface area contributed by atoms with Crippen molar-refractivity contribution in [3.8, 4) is 0 Å². The number of nitrogen functional groups attached to an aromatic ring is 1. The van der Waals surface area contributed by atoms with Crippen molar-refractivity contribution in [2.75, 3.05) is 28.2 Å². The van der Waals surface area contributed by atoms with Crippen LogP contribution in [-0.4, -0.2) is 22.4 Å². The fraction of sp³-hybridized carbons (Fsp3) is 0.0500. The molecule has 3 rings (SSSR count). The van der Waals surface area contributed by atoms with Gasteiger partial charge in [-0.1, -0.05) is 24.3 Å². The maximum atomic E-state index is 14.1. The van der Waals surface area contributed by atoms with Gasteiger partial charge in [0.1, 0.15) is 0 Å². The van der Waals surface area contributed by atoms with Crippen LogP contribution in [0.5, 0.6) is 0 Å². The van der Waals surface area contributed by atoms with Gasteiger partial charge in [0, 0.05) is 24.0 Å². The smallest absolute Gasteiger partial charge is 0.248 e. The Morgan fingerprint density at radius 1 is 1.10 bits per heavy atom. The number of anilines is 6. The number of nitrogens with two attached hydrogens (primary N) is 2. The quantitative estimate of drug-likeness (QED) is 0.308. The molecule has 0 fully saturated rings. The Hall–Kier alpha value is -3.98. The summed E-state index contributed by atoms with van der Waals surface area (Å²) >= 11 is 0.